The highest BCUT2D eigenvalue weighted by atomic mass is 19.4. The average molecular weight is 316 g/mol. The third-order valence-electron chi connectivity index (χ3n) is 3.48. The molecule has 0 aliphatic heterocycles. The van der Waals surface area contributed by atoms with Crippen LogP contribution in [0, 0.1) is 5.92 Å². The van der Waals surface area contributed by atoms with E-state index in [4.69, 9.17) is 5.73 Å². The molecule has 1 rings (SSSR count). The van der Waals surface area contributed by atoms with Crippen LogP contribution in [0.2, 0.25) is 0 Å². The fraction of sp³-hybridized carbons (Fsp3) is 0.467. The zero-order valence-corrected chi connectivity index (χ0v) is 12.4. The van der Waals surface area contributed by atoms with Crippen LogP contribution in [0.1, 0.15) is 31.4 Å². The standard InChI is InChI=1S/C15H19F3N2O2/c1-3-9(2)13(14(19)22)20-12(21)8-10-4-6-11(7-5-10)15(16,17)18/h4-7,9,13H,3,8H2,1-2H3,(H2,19,22)(H,20,21)/t9-,13-/m0/s1. The molecule has 22 heavy (non-hydrogen) atoms. The predicted molar refractivity (Wildman–Crippen MR) is 75.7 cm³/mol. The van der Waals surface area contributed by atoms with Gasteiger partial charge >= 0.3 is 6.18 Å². The minimum absolute atomic E-state index is 0.113. The third-order valence-corrected chi connectivity index (χ3v) is 3.48. The molecule has 0 aliphatic rings. The normalized spacial score (nSPS) is 14.2. The van der Waals surface area contributed by atoms with E-state index in [-0.39, 0.29) is 12.3 Å². The van der Waals surface area contributed by atoms with Crippen molar-refractivity contribution in [1.29, 1.82) is 0 Å². The van der Waals surface area contributed by atoms with E-state index in [0.29, 0.717) is 12.0 Å². The van der Waals surface area contributed by atoms with Crippen LogP contribution in [0.25, 0.3) is 0 Å². The molecule has 0 saturated carbocycles. The van der Waals surface area contributed by atoms with Crippen molar-refractivity contribution in [3.63, 3.8) is 0 Å². The molecule has 0 spiro atoms. The van der Waals surface area contributed by atoms with Gasteiger partial charge in [-0.15, -0.1) is 0 Å². The molecule has 0 aromatic heterocycles. The number of halogens is 3. The Morgan fingerprint density at radius 2 is 1.77 bits per heavy atom. The maximum atomic E-state index is 12.4. The van der Waals surface area contributed by atoms with Gasteiger partial charge in [0.15, 0.2) is 0 Å². The van der Waals surface area contributed by atoms with Gasteiger partial charge in [0, 0.05) is 0 Å². The second-order valence-electron chi connectivity index (χ2n) is 5.20. The van der Waals surface area contributed by atoms with Gasteiger partial charge in [0.05, 0.1) is 12.0 Å². The van der Waals surface area contributed by atoms with Crippen molar-refractivity contribution >= 4 is 11.8 Å². The monoisotopic (exact) mass is 316 g/mol. The van der Waals surface area contributed by atoms with Crippen LogP contribution in [0.15, 0.2) is 24.3 Å². The summed E-state index contributed by atoms with van der Waals surface area (Å²) in [7, 11) is 0. The topological polar surface area (TPSA) is 72.2 Å². The number of alkyl halides is 3. The molecule has 0 unspecified atom stereocenters. The minimum atomic E-state index is -4.41. The Kier molecular flexibility index (Phi) is 5.96. The van der Waals surface area contributed by atoms with Crippen molar-refractivity contribution in [2.45, 2.75) is 38.9 Å². The van der Waals surface area contributed by atoms with Crippen LogP contribution in [0.4, 0.5) is 13.2 Å². The summed E-state index contributed by atoms with van der Waals surface area (Å²) in [5, 5.41) is 2.52. The highest BCUT2D eigenvalue weighted by Crippen LogP contribution is 2.29. The van der Waals surface area contributed by atoms with E-state index in [1.807, 2.05) is 6.92 Å². The lowest BCUT2D eigenvalue weighted by molar-refractivity contribution is -0.137. The SMILES string of the molecule is CC[C@H](C)[C@H](NC(=O)Cc1ccc(C(F)(F)F)cc1)C(N)=O. The Bertz CT molecular complexity index is 527. The molecule has 4 nitrogen and oxygen atoms in total. The summed E-state index contributed by atoms with van der Waals surface area (Å²) in [6.07, 6.45) is -3.86. The van der Waals surface area contributed by atoms with Crippen molar-refractivity contribution in [2.24, 2.45) is 11.7 Å². The van der Waals surface area contributed by atoms with E-state index >= 15 is 0 Å². The van der Waals surface area contributed by atoms with Gasteiger partial charge in [0.25, 0.3) is 0 Å². The van der Waals surface area contributed by atoms with Crippen LogP contribution in [0.5, 0.6) is 0 Å². The molecule has 0 saturated heterocycles. The number of benzene rings is 1. The molecule has 0 aliphatic carbocycles. The first-order chi connectivity index (χ1) is 10.1. The number of primary amides is 1. The maximum Gasteiger partial charge on any atom is 0.416 e. The number of amides is 2. The van der Waals surface area contributed by atoms with E-state index < -0.39 is 29.6 Å². The fourth-order valence-corrected chi connectivity index (χ4v) is 1.95. The highest BCUT2D eigenvalue weighted by Gasteiger charge is 2.30. The lowest BCUT2D eigenvalue weighted by atomic mass is 9.98. The molecule has 3 N–H and O–H groups in total. The zero-order chi connectivity index (χ0) is 16.9. The molecule has 0 bridgehead atoms. The van der Waals surface area contributed by atoms with Gasteiger partial charge in [0.1, 0.15) is 6.04 Å². The Balaban J connectivity index is 2.70. The van der Waals surface area contributed by atoms with Crippen LogP contribution >= 0.6 is 0 Å². The Morgan fingerprint density at radius 1 is 1.23 bits per heavy atom. The smallest absolute Gasteiger partial charge is 0.368 e. The van der Waals surface area contributed by atoms with Crippen molar-refractivity contribution < 1.29 is 22.8 Å². The summed E-state index contributed by atoms with van der Waals surface area (Å²) in [5.74, 6) is -1.20. The van der Waals surface area contributed by atoms with E-state index in [1.54, 1.807) is 6.92 Å². The predicted octanol–water partition coefficient (Wildman–Crippen LogP) is 2.26. The number of carbonyl (C=O) groups is 2. The number of hydrogen-bond acceptors (Lipinski definition) is 2. The summed E-state index contributed by atoms with van der Waals surface area (Å²) in [4.78, 5) is 23.2. The van der Waals surface area contributed by atoms with Gasteiger partial charge in [-0.1, -0.05) is 32.4 Å². The first-order valence-electron chi connectivity index (χ1n) is 6.90. The van der Waals surface area contributed by atoms with E-state index in [1.165, 1.54) is 12.1 Å². The fourth-order valence-electron chi connectivity index (χ4n) is 1.95. The third kappa shape index (κ3) is 5.05. The van der Waals surface area contributed by atoms with Gasteiger partial charge in [0.2, 0.25) is 11.8 Å². The number of nitrogens with two attached hydrogens (primary N) is 1. The van der Waals surface area contributed by atoms with Gasteiger partial charge in [-0.05, 0) is 23.6 Å². The molecule has 2 amide bonds. The lowest BCUT2D eigenvalue weighted by Gasteiger charge is -2.21. The molecule has 2 atom stereocenters. The number of hydrogen-bond donors (Lipinski definition) is 2. The second-order valence-corrected chi connectivity index (χ2v) is 5.20. The van der Waals surface area contributed by atoms with Crippen molar-refractivity contribution in [1.82, 2.24) is 5.32 Å². The Labute approximate surface area is 126 Å². The van der Waals surface area contributed by atoms with Crippen molar-refractivity contribution in [2.75, 3.05) is 0 Å². The van der Waals surface area contributed by atoms with E-state index in [0.717, 1.165) is 12.1 Å². The molecule has 0 radical (unpaired) electrons. The Morgan fingerprint density at radius 3 is 2.18 bits per heavy atom. The molecule has 1 aromatic carbocycles. The minimum Gasteiger partial charge on any atom is -0.368 e. The van der Waals surface area contributed by atoms with E-state index in [2.05, 4.69) is 5.32 Å². The Hall–Kier alpha value is -2.05. The molecule has 1 aromatic rings. The zero-order valence-electron chi connectivity index (χ0n) is 12.4. The summed E-state index contributed by atoms with van der Waals surface area (Å²) in [6, 6.07) is 3.54. The highest BCUT2D eigenvalue weighted by molar-refractivity contribution is 5.87. The molecular weight excluding hydrogens is 297 g/mol. The first kappa shape index (κ1) is 18.0. The molecule has 0 heterocycles. The average Bonchev–Trinajstić information content (AvgIpc) is 2.43. The van der Waals surface area contributed by atoms with Gasteiger partial charge < -0.3 is 11.1 Å². The number of rotatable bonds is 6. The molecule has 7 heteroatoms. The quantitative estimate of drug-likeness (QED) is 0.845. The molecule has 122 valence electrons. The molecule has 0 fully saturated rings. The van der Waals surface area contributed by atoms with Gasteiger partial charge in [-0.2, -0.15) is 13.2 Å². The first-order valence-corrected chi connectivity index (χ1v) is 6.90. The summed E-state index contributed by atoms with van der Waals surface area (Å²) in [6.45, 7) is 3.65. The number of nitrogens with one attached hydrogen (secondary N) is 1. The summed E-state index contributed by atoms with van der Waals surface area (Å²) >= 11 is 0. The van der Waals surface area contributed by atoms with Crippen molar-refractivity contribution in [3.8, 4) is 0 Å². The maximum absolute atomic E-state index is 12.4. The number of carbonyl (C=O) groups excluding carboxylic acids is 2. The van der Waals surface area contributed by atoms with E-state index in [9.17, 15) is 22.8 Å². The molecular formula is C15H19F3N2O2. The van der Waals surface area contributed by atoms with Crippen molar-refractivity contribution in [3.05, 3.63) is 35.4 Å². The van der Waals surface area contributed by atoms with Crippen LogP contribution in [0.3, 0.4) is 0 Å². The lowest BCUT2D eigenvalue weighted by Crippen LogP contribution is -2.48. The van der Waals surface area contributed by atoms with Crippen LogP contribution in [-0.2, 0) is 22.2 Å². The summed E-state index contributed by atoms with van der Waals surface area (Å²) < 4.78 is 37.3. The van der Waals surface area contributed by atoms with Crippen LogP contribution in [-0.4, -0.2) is 17.9 Å². The largest absolute Gasteiger partial charge is 0.416 e. The van der Waals surface area contributed by atoms with Crippen LogP contribution < -0.4 is 11.1 Å². The van der Waals surface area contributed by atoms with Gasteiger partial charge in [-0.25, -0.2) is 0 Å². The second kappa shape index (κ2) is 7.29. The van der Waals surface area contributed by atoms with Gasteiger partial charge in [-0.3, -0.25) is 9.59 Å². The summed E-state index contributed by atoms with van der Waals surface area (Å²) in [5.41, 5.74) is 4.90.